The third-order valence-corrected chi connectivity index (χ3v) is 7.53. The predicted molar refractivity (Wildman–Crippen MR) is 244 cm³/mol. The minimum absolute atomic E-state index is 0.0707. The second-order valence-corrected chi connectivity index (χ2v) is 17.7. The number of hydrogen-bond donors (Lipinski definition) is 0. The van der Waals surface area contributed by atoms with Crippen molar-refractivity contribution in [2.45, 2.75) is 180 Å². The molecule has 1 atom stereocenters. The highest BCUT2D eigenvalue weighted by atomic mass is 15.5. The Hall–Kier alpha value is -4.01. The number of aryl methyl sites for hydroxylation is 1. The van der Waals surface area contributed by atoms with Gasteiger partial charge < -0.3 is 0 Å². The number of pyridine rings is 1. The van der Waals surface area contributed by atoms with Gasteiger partial charge in [-0.1, -0.05) is 151 Å². The number of rotatable bonds is 0. The molecule has 5 heterocycles. The van der Waals surface area contributed by atoms with Crippen LogP contribution in [0.3, 0.4) is 0 Å². The molecule has 5 rings (SSSR count). The summed E-state index contributed by atoms with van der Waals surface area (Å²) >= 11 is 0. The zero-order chi connectivity index (χ0) is 44.4. The van der Waals surface area contributed by atoms with Crippen molar-refractivity contribution >= 4 is 6.21 Å². The van der Waals surface area contributed by atoms with Gasteiger partial charge in [0.05, 0.1) is 17.4 Å². The lowest BCUT2D eigenvalue weighted by atomic mass is 9.85. The van der Waals surface area contributed by atoms with E-state index in [2.05, 4.69) is 156 Å². The van der Waals surface area contributed by atoms with Crippen LogP contribution in [0.2, 0.25) is 0 Å². The number of nitrogens with zero attached hydrogens (tertiary/aromatic N) is 9. The molecular weight excluding hydrogens is 691 g/mol. The average molecular weight is 776 g/mol. The van der Waals surface area contributed by atoms with Crippen LogP contribution in [-0.4, -0.2) is 59.0 Å². The third kappa shape index (κ3) is 25.2. The van der Waals surface area contributed by atoms with Crippen LogP contribution in [0.4, 0.5) is 0 Å². The summed E-state index contributed by atoms with van der Waals surface area (Å²) < 4.78 is 1.83. The molecule has 0 radical (unpaired) electrons. The van der Waals surface area contributed by atoms with Gasteiger partial charge in [0.25, 0.3) is 0 Å². The molecule has 4 aromatic heterocycles. The average Bonchev–Trinajstić information content (AvgIpc) is 3.81. The van der Waals surface area contributed by atoms with Gasteiger partial charge in [-0.15, -0.1) is 0 Å². The summed E-state index contributed by atoms with van der Waals surface area (Å²) in [6.45, 7) is 44.4. The summed E-state index contributed by atoms with van der Waals surface area (Å²) in [6.07, 6.45) is 15.7. The summed E-state index contributed by atoms with van der Waals surface area (Å²) in [6, 6.07) is 10.5. The van der Waals surface area contributed by atoms with E-state index in [9.17, 15) is 0 Å². The molecule has 318 valence electrons. The fourth-order valence-corrected chi connectivity index (χ4v) is 4.42. The normalized spacial score (nSPS) is 13.3. The van der Waals surface area contributed by atoms with E-state index >= 15 is 0 Å². The standard InChI is InChI=1S/C9H13N.C8H14N2.C8H16N2.2C8H12N2.3C2H6/c1-9(2,3)8-6-4-5-7-10-8;1-8(2,3)7-5-6-10(4)9-7;1-8(2,3)7-5-6-9-10(7)4;1-8(2,3)7-6-9-4-5-10-7;1-8(2,3)7-9-5-4-6-10-7;3*1-2/h4-7H,1-3H3;5-6H,1-4H3;6-7H,5H2,1-4H3;2*4-6H,1-3H3;3*1-2H3/t;;7-;;;;;/m..1...../s1. The van der Waals surface area contributed by atoms with Gasteiger partial charge >= 0.3 is 0 Å². The van der Waals surface area contributed by atoms with E-state index in [-0.39, 0.29) is 21.7 Å². The van der Waals surface area contributed by atoms with E-state index < -0.39 is 0 Å². The predicted octanol–water partition coefficient (Wildman–Crippen LogP) is 12.4. The van der Waals surface area contributed by atoms with E-state index in [1.165, 1.54) is 0 Å². The fourth-order valence-electron chi connectivity index (χ4n) is 4.42. The first kappa shape index (κ1) is 56.3. The maximum absolute atomic E-state index is 4.30. The van der Waals surface area contributed by atoms with Crippen LogP contribution in [0.15, 0.2) is 78.8 Å². The van der Waals surface area contributed by atoms with E-state index in [0.29, 0.717) is 11.5 Å². The van der Waals surface area contributed by atoms with Gasteiger partial charge in [-0.05, 0) is 29.7 Å². The van der Waals surface area contributed by atoms with Crippen molar-refractivity contribution in [3.05, 3.63) is 96.6 Å². The molecule has 0 spiro atoms. The molecule has 0 bridgehead atoms. The molecule has 0 aromatic carbocycles. The Morgan fingerprint density at radius 3 is 1.23 bits per heavy atom. The highest BCUT2D eigenvalue weighted by Gasteiger charge is 2.29. The number of aromatic nitrogens is 7. The Kier molecular flexibility index (Phi) is 27.7. The first-order valence-electron chi connectivity index (χ1n) is 20.5. The lowest BCUT2D eigenvalue weighted by Crippen LogP contribution is -2.35. The Morgan fingerprint density at radius 1 is 0.518 bits per heavy atom. The zero-order valence-electron chi connectivity index (χ0n) is 40.3. The second kappa shape index (κ2) is 27.6. The highest BCUT2D eigenvalue weighted by Crippen LogP contribution is 2.28. The molecule has 1 aliphatic rings. The molecule has 1 aliphatic heterocycles. The summed E-state index contributed by atoms with van der Waals surface area (Å²) in [7, 11) is 3.98. The summed E-state index contributed by atoms with van der Waals surface area (Å²) in [5.74, 6) is 0.898. The van der Waals surface area contributed by atoms with E-state index in [1.807, 2.05) is 97.1 Å². The second-order valence-electron chi connectivity index (χ2n) is 17.7. The van der Waals surface area contributed by atoms with Crippen molar-refractivity contribution in [3.8, 4) is 0 Å². The maximum Gasteiger partial charge on any atom is 0.133 e. The van der Waals surface area contributed by atoms with Crippen molar-refractivity contribution in [1.82, 2.24) is 39.7 Å². The first-order chi connectivity index (χ1) is 25.8. The van der Waals surface area contributed by atoms with Crippen molar-refractivity contribution in [2.75, 3.05) is 7.05 Å². The largest absolute Gasteiger partial charge is 0.296 e. The lowest BCUT2D eigenvalue weighted by molar-refractivity contribution is 0.153. The van der Waals surface area contributed by atoms with Crippen molar-refractivity contribution in [2.24, 2.45) is 17.6 Å². The maximum atomic E-state index is 4.30. The molecule has 0 aliphatic carbocycles. The van der Waals surface area contributed by atoms with Crippen LogP contribution in [-0.2, 0) is 28.7 Å². The fraction of sp³-hybridized carbons (Fsp3) is 0.638. The van der Waals surface area contributed by atoms with Crippen LogP contribution in [0.25, 0.3) is 0 Å². The Bertz CT molecular complexity index is 1380. The van der Waals surface area contributed by atoms with Gasteiger partial charge in [0.2, 0.25) is 0 Å². The molecule has 4 aromatic rings. The van der Waals surface area contributed by atoms with Gasteiger partial charge in [-0.3, -0.25) is 24.6 Å². The smallest absolute Gasteiger partial charge is 0.133 e. The molecule has 0 saturated carbocycles. The molecule has 0 saturated heterocycles. The third-order valence-electron chi connectivity index (χ3n) is 7.53. The van der Waals surface area contributed by atoms with E-state index in [4.69, 9.17) is 0 Å². The first-order valence-corrected chi connectivity index (χ1v) is 20.5. The topological polar surface area (TPSA) is 97.9 Å². The van der Waals surface area contributed by atoms with E-state index in [1.54, 1.807) is 31.0 Å². The summed E-state index contributed by atoms with van der Waals surface area (Å²) in [5, 5.41) is 10.5. The van der Waals surface area contributed by atoms with E-state index in [0.717, 1.165) is 29.3 Å². The molecule has 9 heteroatoms. The Morgan fingerprint density at radius 2 is 1.00 bits per heavy atom. The van der Waals surface area contributed by atoms with Crippen LogP contribution >= 0.6 is 0 Å². The van der Waals surface area contributed by atoms with Crippen molar-refractivity contribution in [3.63, 3.8) is 0 Å². The number of hydrogen-bond acceptors (Lipinski definition) is 8. The van der Waals surface area contributed by atoms with Gasteiger partial charge in [-0.25, -0.2) is 9.97 Å². The summed E-state index contributed by atoms with van der Waals surface area (Å²) in [4.78, 5) is 20.7. The number of hydrazone groups is 1. The molecule has 56 heavy (non-hydrogen) atoms. The monoisotopic (exact) mass is 776 g/mol. The SMILES string of the molecule is CC.CC.CC.CC(C)(C)c1ccccn1.CC(C)(C)c1cnccn1.CC(C)(C)c1ncccn1.CN1N=CC[C@@H]1C(C)(C)C.Cn1ccc(C(C)(C)C)n1. The molecular formula is C47H85N9. The molecule has 9 nitrogen and oxygen atoms in total. The molecule has 0 unspecified atom stereocenters. The molecule has 0 amide bonds. The van der Waals surface area contributed by atoms with Crippen molar-refractivity contribution < 1.29 is 0 Å². The molecule has 0 fully saturated rings. The van der Waals surface area contributed by atoms with Gasteiger partial charge in [0, 0.05) is 97.5 Å². The van der Waals surface area contributed by atoms with Crippen LogP contribution in [0, 0.1) is 5.41 Å². The Balaban J connectivity index is -0.000000606. The summed E-state index contributed by atoms with van der Waals surface area (Å²) in [5.41, 5.74) is 4.24. The highest BCUT2D eigenvalue weighted by molar-refractivity contribution is 5.60. The zero-order valence-corrected chi connectivity index (χ0v) is 40.3. The Labute approximate surface area is 345 Å². The van der Waals surface area contributed by atoms with Gasteiger partial charge in [0.1, 0.15) is 5.82 Å². The van der Waals surface area contributed by atoms with Crippen LogP contribution < -0.4 is 0 Å². The van der Waals surface area contributed by atoms with Gasteiger partial charge in [-0.2, -0.15) is 10.2 Å². The van der Waals surface area contributed by atoms with Gasteiger partial charge in [0.15, 0.2) is 0 Å². The quantitative estimate of drug-likeness (QED) is 0.175. The van der Waals surface area contributed by atoms with Crippen molar-refractivity contribution in [1.29, 1.82) is 0 Å². The molecule has 0 N–H and O–H groups in total. The van der Waals surface area contributed by atoms with Crippen LogP contribution in [0.1, 0.15) is 175 Å². The minimum atomic E-state index is 0.0707. The van der Waals surface area contributed by atoms with Crippen LogP contribution in [0.5, 0.6) is 0 Å². The lowest BCUT2D eigenvalue weighted by Gasteiger charge is -2.31. The minimum Gasteiger partial charge on any atom is -0.296 e.